The summed E-state index contributed by atoms with van der Waals surface area (Å²) in [5.74, 6) is -0.157. The average Bonchev–Trinajstić information content (AvgIpc) is 2.44. The van der Waals surface area contributed by atoms with E-state index in [0.29, 0.717) is 12.6 Å². The molecule has 0 fully saturated rings. The van der Waals surface area contributed by atoms with Gasteiger partial charge >= 0.3 is 5.97 Å². The molecule has 1 aromatic rings. The highest BCUT2D eigenvalue weighted by Gasteiger charge is 2.30. The van der Waals surface area contributed by atoms with Crippen molar-refractivity contribution in [3.05, 3.63) is 35.9 Å². The zero-order valence-electron chi connectivity index (χ0n) is 12.4. The summed E-state index contributed by atoms with van der Waals surface area (Å²) in [5.41, 5.74) is 1.00. The highest BCUT2D eigenvalue weighted by Crippen LogP contribution is 2.25. The van der Waals surface area contributed by atoms with Gasteiger partial charge in [0.2, 0.25) is 0 Å². The van der Waals surface area contributed by atoms with Crippen molar-refractivity contribution in [1.29, 1.82) is 0 Å². The van der Waals surface area contributed by atoms with Crippen LogP contribution in [0.1, 0.15) is 45.7 Å². The van der Waals surface area contributed by atoms with Crippen molar-refractivity contribution in [2.24, 2.45) is 0 Å². The van der Waals surface area contributed by atoms with E-state index in [9.17, 15) is 4.79 Å². The molecule has 0 spiro atoms. The molecule has 0 aromatic heterocycles. The van der Waals surface area contributed by atoms with Crippen molar-refractivity contribution in [1.82, 2.24) is 4.90 Å². The van der Waals surface area contributed by atoms with Gasteiger partial charge in [-0.3, -0.25) is 4.90 Å². The predicted octanol–water partition coefficient (Wildman–Crippen LogP) is 3.41. The van der Waals surface area contributed by atoms with Gasteiger partial charge in [0.05, 0.1) is 6.61 Å². The lowest BCUT2D eigenvalue weighted by Crippen LogP contribution is -2.40. The maximum Gasteiger partial charge on any atom is 0.328 e. The Kier molecular flexibility index (Phi) is 6.57. The number of likely N-dealkylation sites (N-methyl/N-ethyl adjacent to an activating group) is 1. The fourth-order valence-electron chi connectivity index (χ4n) is 2.30. The number of hydrogen-bond acceptors (Lipinski definition) is 3. The number of benzene rings is 1. The molecular weight excluding hydrogens is 238 g/mol. The van der Waals surface area contributed by atoms with E-state index in [0.717, 1.165) is 18.5 Å². The van der Waals surface area contributed by atoms with Crippen LogP contribution in [0.3, 0.4) is 0 Å². The number of ether oxygens (including phenoxy) is 1. The van der Waals surface area contributed by atoms with Crippen LogP contribution in [0.2, 0.25) is 0 Å². The summed E-state index contributed by atoms with van der Waals surface area (Å²) in [7, 11) is 0. The molecule has 0 radical (unpaired) electrons. The molecular formula is C16H25NO2. The standard InChI is InChI=1S/C16H25NO2/c1-5-13(4)17(6-2)15(16(18)19-7-3)14-11-9-8-10-12-14/h8-13,15H,5-7H2,1-4H3. The zero-order valence-corrected chi connectivity index (χ0v) is 12.4. The first-order valence-corrected chi connectivity index (χ1v) is 7.12. The third kappa shape index (κ3) is 4.06. The molecule has 0 bridgehead atoms. The van der Waals surface area contributed by atoms with Gasteiger partial charge in [0, 0.05) is 6.04 Å². The minimum Gasteiger partial charge on any atom is -0.465 e. The Balaban J connectivity index is 3.07. The van der Waals surface area contributed by atoms with Gasteiger partial charge in [-0.05, 0) is 32.4 Å². The van der Waals surface area contributed by atoms with Crippen LogP contribution in [0.25, 0.3) is 0 Å². The Bertz CT molecular complexity index is 378. The maximum absolute atomic E-state index is 12.3. The molecule has 106 valence electrons. The lowest BCUT2D eigenvalue weighted by molar-refractivity contribution is -0.150. The molecule has 0 heterocycles. The smallest absolute Gasteiger partial charge is 0.328 e. The third-order valence-corrected chi connectivity index (χ3v) is 3.48. The average molecular weight is 263 g/mol. The summed E-state index contributed by atoms with van der Waals surface area (Å²) < 4.78 is 5.26. The van der Waals surface area contributed by atoms with Gasteiger partial charge in [-0.15, -0.1) is 0 Å². The fourth-order valence-corrected chi connectivity index (χ4v) is 2.30. The normalized spacial score (nSPS) is 14.2. The Morgan fingerprint density at radius 3 is 2.32 bits per heavy atom. The lowest BCUT2D eigenvalue weighted by atomic mass is 10.0. The van der Waals surface area contributed by atoms with Gasteiger partial charge in [-0.25, -0.2) is 4.79 Å². The Morgan fingerprint density at radius 2 is 1.84 bits per heavy atom. The van der Waals surface area contributed by atoms with Gasteiger partial charge < -0.3 is 4.74 Å². The molecule has 0 saturated heterocycles. The van der Waals surface area contributed by atoms with Crippen LogP contribution in [0, 0.1) is 0 Å². The second-order valence-electron chi connectivity index (χ2n) is 4.65. The van der Waals surface area contributed by atoms with Gasteiger partial charge in [-0.2, -0.15) is 0 Å². The van der Waals surface area contributed by atoms with E-state index >= 15 is 0 Å². The molecule has 2 atom stereocenters. The summed E-state index contributed by atoms with van der Waals surface area (Å²) in [6.45, 7) is 9.47. The van der Waals surface area contributed by atoms with E-state index < -0.39 is 0 Å². The van der Waals surface area contributed by atoms with Crippen molar-refractivity contribution >= 4 is 5.97 Å². The van der Waals surface area contributed by atoms with Crippen LogP contribution >= 0.6 is 0 Å². The van der Waals surface area contributed by atoms with E-state index in [1.807, 2.05) is 37.3 Å². The number of rotatable bonds is 7. The molecule has 2 unspecified atom stereocenters. The molecule has 0 N–H and O–H groups in total. The predicted molar refractivity (Wildman–Crippen MR) is 77.9 cm³/mol. The molecule has 0 saturated carbocycles. The number of carbonyl (C=O) groups excluding carboxylic acids is 1. The van der Waals surface area contributed by atoms with Crippen molar-refractivity contribution in [3.8, 4) is 0 Å². The molecule has 3 heteroatoms. The summed E-state index contributed by atoms with van der Waals surface area (Å²) in [6, 6.07) is 9.92. The molecule has 0 aliphatic carbocycles. The largest absolute Gasteiger partial charge is 0.465 e. The van der Waals surface area contributed by atoms with Crippen molar-refractivity contribution < 1.29 is 9.53 Å². The summed E-state index contributed by atoms with van der Waals surface area (Å²) in [5, 5.41) is 0. The second-order valence-corrected chi connectivity index (χ2v) is 4.65. The first kappa shape index (κ1) is 15.7. The minimum atomic E-state index is -0.305. The lowest BCUT2D eigenvalue weighted by Gasteiger charge is -2.34. The first-order chi connectivity index (χ1) is 9.15. The van der Waals surface area contributed by atoms with Crippen molar-refractivity contribution in [3.63, 3.8) is 0 Å². The zero-order chi connectivity index (χ0) is 14.3. The van der Waals surface area contributed by atoms with E-state index in [1.165, 1.54) is 0 Å². The molecule has 3 nitrogen and oxygen atoms in total. The number of nitrogens with zero attached hydrogens (tertiary/aromatic N) is 1. The minimum absolute atomic E-state index is 0.157. The van der Waals surface area contributed by atoms with E-state index in [-0.39, 0.29) is 12.0 Å². The molecule has 0 aliphatic heterocycles. The van der Waals surface area contributed by atoms with E-state index in [1.54, 1.807) is 0 Å². The monoisotopic (exact) mass is 263 g/mol. The SMILES string of the molecule is CCOC(=O)C(c1ccccc1)N(CC)C(C)CC. The van der Waals surface area contributed by atoms with Crippen molar-refractivity contribution in [2.45, 2.75) is 46.2 Å². The maximum atomic E-state index is 12.3. The first-order valence-electron chi connectivity index (χ1n) is 7.12. The fraction of sp³-hybridized carbons (Fsp3) is 0.562. The van der Waals surface area contributed by atoms with Crippen LogP contribution < -0.4 is 0 Å². The van der Waals surface area contributed by atoms with Crippen molar-refractivity contribution in [2.75, 3.05) is 13.2 Å². The summed E-state index contributed by atoms with van der Waals surface area (Å²) >= 11 is 0. The van der Waals surface area contributed by atoms with Crippen LogP contribution in [-0.4, -0.2) is 30.1 Å². The number of carbonyl (C=O) groups is 1. The number of esters is 1. The highest BCUT2D eigenvalue weighted by molar-refractivity contribution is 5.77. The molecule has 0 amide bonds. The van der Waals surface area contributed by atoms with Crippen LogP contribution in [0.4, 0.5) is 0 Å². The van der Waals surface area contributed by atoms with Gasteiger partial charge in [0.15, 0.2) is 0 Å². The Morgan fingerprint density at radius 1 is 1.21 bits per heavy atom. The third-order valence-electron chi connectivity index (χ3n) is 3.48. The van der Waals surface area contributed by atoms with Gasteiger partial charge in [0.1, 0.15) is 6.04 Å². The van der Waals surface area contributed by atoms with Crippen LogP contribution in [-0.2, 0) is 9.53 Å². The van der Waals surface area contributed by atoms with Gasteiger partial charge in [0.25, 0.3) is 0 Å². The second kappa shape index (κ2) is 7.95. The quantitative estimate of drug-likeness (QED) is 0.706. The molecule has 1 rings (SSSR count). The number of hydrogen-bond donors (Lipinski definition) is 0. The van der Waals surface area contributed by atoms with E-state index in [4.69, 9.17) is 4.74 Å². The van der Waals surface area contributed by atoms with Crippen LogP contribution in [0.15, 0.2) is 30.3 Å². The highest BCUT2D eigenvalue weighted by atomic mass is 16.5. The van der Waals surface area contributed by atoms with Gasteiger partial charge in [-0.1, -0.05) is 44.2 Å². The van der Waals surface area contributed by atoms with E-state index in [2.05, 4.69) is 25.7 Å². The Hall–Kier alpha value is -1.35. The summed E-state index contributed by atoms with van der Waals surface area (Å²) in [6.07, 6.45) is 1.01. The Labute approximate surface area is 116 Å². The molecule has 19 heavy (non-hydrogen) atoms. The molecule has 0 aliphatic rings. The summed E-state index contributed by atoms with van der Waals surface area (Å²) in [4.78, 5) is 14.5. The van der Waals surface area contributed by atoms with Crippen LogP contribution in [0.5, 0.6) is 0 Å². The molecule has 1 aromatic carbocycles. The topological polar surface area (TPSA) is 29.5 Å².